The molecule has 2 aromatic carbocycles. The molecule has 0 bridgehead atoms. The fourth-order valence-corrected chi connectivity index (χ4v) is 6.20. The van der Waals surface area contributed by atoms with Crippen LogP contribution in [0.3, 0.4) is 0 Å². The number of carbonyl (C=O) groups is 3. The Morgan fingerprint density at radius 2 is 1.38 bits per heavy atom. The topological polar surface area (TPSA) is 105 Å². The van der Waals surface area contributed by atoms with Crippen LogP contribution in [0.1, 0.15) is 17.0 Å². The van der Waals surface area contributed by atoms with Crippen molar-refractivity contribution in [2.75, 3.05) is 28.4 Å². The quantitative estimate of drug-likeness (QED) is 0.269. The van der Waals surface area contributed by atoms with Crippen LogP contribution in [-0.2, 0) is 37.5 Å². The van der Waals surface area contributed by atoms with Gasteiger partial charge in [0.05, 0.1) is 14.2 Å². The third kappa shape index (κ3) is 3.32. The monoisotopic (exact) mass is 458 g/mol. The Kier molecular flexibility index (Phi) is 6.79. The molecule has 0 saturated heterocycles. The summed E-state index contributed by atoms with van der Waals surface area (Å²) in [6, 6.07) is 17.0. The van der Waals surface area contributed by atoms with E-state index < -0.39 is 42.0 Å². The van der Waals surface area contributed by atoms with Gasteiger partial charge in [-0.15, -0.1) is 0 Å². The first kappa shape index (κ1) is 23.6. The average molecular weight is 458 g/mol. The van der Waals surface area contributed by atoms with E-state index in [1.54, 1.807) is 60.7 Å². The highest BCUT2D eigenvalue weighted by atomic mass is 31.2. The second kappa shape index (κ2) is 9.20. The molecule has 0 spiro atoms. The number of ether oxygens (including phenoxy) is 2. The van der Waals surface area contributed by atoms with E-state index in [1.165, 1.54) is 0 Å². The predicted octanol–water partition coefficient (Wildman–Crippen LogP) is 3.38. The van der Waals surface area contributed by atoms with E-state index in [-0.39, 0.29) is 5.57 Å². The summed E-state index contributed by atoms with van der Waals surface area (Å²) in [5.74, 6) is -4.38. The van der Waals surface area contributed by atoms with E-state index >= 15 is 0 Å². The third-order valence-electron chi connectivity index (χ3n) is 5.57. The van der Waals surface area contributed by atoms with Crippen LogP contribution in [0.2, 0.25) is 0 Å². The molecular weight excluding hydrogens is 435 g/mol. The zero-order valence-corrected chi connectivity index (χ0v) is 19.0. The van der Waals surface area contributed by atoms with Crippen LogP contribution >= 0.6 is 7.60 Å². The van der Waals surface area contributed by atoms with Crippen molar-refractivity contribution in [2.24, 2.45) is 0 Å². The van der Waals surface area contributed by atoms with Gasteiger partial charge in [-0.05, 0) is 16.7 Å². The zero-order valence-electron chi connectivity index (χ0n) is 18.1. The smallest absolute Gasteiger partial charge is 0.356 e. The normalized spacial score (nSPS) is 20.9. The van der Waals surface area contributed by atoms with Crippen LogP contribution in [0.15, 0.2) is 66.2 Å². The van der Waals surface area contributed by atoms with Crippen molar-refractivity contribution in [1.29, 1.82) is 0 Å². The summed E-state index contributed by atoms with van der Waals surface area (Å²) in [4.78, 5) is 40.2. The van der Waals surface area contributed by atoms with Crippen molar-refractivity contribution in [3.63, 3.8) is 0 Å². The van der Waals surface area contributed by atoms with Gasteiger partial charge in [0.1, 0.15) is 5.57 Å². The second-order valence-corrected chi connectivity index (χ2v) is 9.37. The lowest BCUT2D eigenvalue weighted by molar-refractivity contribution is -0.147. The third-order valence-corrected chi connectivity index (χ3v) is 8.03. The zero-order chi connectivity index (χ0) is 23.5. The number of ketones is 1. The maximum absolute atomic E-state index is 14.0. The number of benzene rings is 2. The molecular formula is C23H23O8P. The Balaban J connectivity index is 2.54. The van der Waals surface area contributed by atoms with Crippen LogP contribution < -0.4 is 0 Å². The molecule has 32 heavy (non-hydrogen) atoms. The van der Waals surface area contributed by atoms with E-state index in [2.05, 4.69) is 0 Å². The number of esters is 2. The summed E-state index contributed by atoms with van der Waals surface area (Å²) >= 11 is 0. The minimum Gasteiger partial charge on any atom is -0.468 e. The molecule has 0 fully saturated rings. The molecule has 8 nitrogen and oxygen atoms in total. The highest BCUT2D eigenvalue weighted by Crippen LogP contribution is 2.70. The molecule has 168 valence electrons. The molecule has 2 atom stereocenters. The summed E-state index contributed by atoms with van der Waals surface area (Å²) in [6.07, 6.45) is 0. The molecule has 3 rings (SSSR count). The molecule has 9 heteroatoms. The number of carbonyl (C=O) groups excluding carboxylic acids is 3. The van der Waals surface area contributed by atoms with Gasteiger partial charge in [-0.1, -0.05) is 60.7 Å². The number of hydrogen-bond acceptors (Lipinski definition) is 8. The van der Waals surface area contributed by atoms with Crippen molar-refractivity contribution < 1.29 is 37.5 Å². The van der Waals surface area contributed by atoms with Crippen LogP contribution in [0, 0.1) is 0 Å². The Labute approximate surface area is 185 Å². The number of methoxy groups -OCH3 is 2. The molecule has 0 aliphatic heterocycles. The largest absolute Gasteiger partial charge is 0.468 e. The predicted molar refractivity (Wildman–Crippen MR) is 116 cm³/mol. The summed E-state index contributed by atoms with van der Waals surface area (Å²) < 4.78 is 34.2. The maximum atomic E-state index is 14.0. The lowest BCUT2D eigenvalue weighted by Gasteiger charge is -2.36. The lowest BCUT2D eigenvalue weighted by Crippen LogP contribution is -2.50. The molecule has 1 aliphatic rings. The van der Waals surface area contributed by atoms with Crippen molar-refractivity contribution in [3.05, 3.63) is 77.4 Å². The van der Waals surface area contributed by atoms with E-state index in [9.17, 15) is 18.9 Å². The average Bonchev–Trinajstić information content (AvgIpc) is 3.13. The second-order valence-electron chi connectivity index (χ2n) is 6.94. The first-order valence-corrected chi connectivity index (χ1v) is 11.2. The molecule has 0 saturated carbocycles. The van der Waals surface area contributed by atoms with Crippen molar-refractivity contribution >= 4 is 30.9 Å². The molecule has 0 unspecified atom stereocenters. The van der Waals surface area contributed by atoms with Gasteiger partial charge in [-0.25, -0.2) is 4.79 Å². The number of allylic oxidation sites excluding steroid dienone is 1. The van der Waals surface area contributed by atoms with E-state index in [1.807, 2.05) is 0 Å². The molecule has 0 aromatic heterocycles. The van der Waals surface area contributed by atoms with Gasteiger partial charge in [0.15, 0.2) is 0 Å². The highest BCUT2D eigenvalue weighted by Gasteiger charge is 2.73. The molecule has 0 radical (unpaired) electrons. The van der Waals surface area contributed by atoms with Crippen LogP contribution in [0.25, 0.3) is 5.57 Å². The van der Waals surface area contributed by atoms with Crippen molar-refractivity contribution in [3.8, 4) is 0 Å². The Bertz CT molecular complexity index is 1100. The van der Waals surface area contributed by atoms with Crippen LogP contribution in [0.5, 0.6) is 0 Å². The number of Topliss-reactive ketones (excluding diaryl/α,β-unsaturated/α-hetero) is 1. The minimum atomic E-state index is -4.53. The SMILES string of the molecule is COC(=O)C1=C(c2ccccc2)[C@@H](c2ccccc2)[C@](C(=O)OC)(P(=O)(OC)OC)C1=O. The summed E-state index contributed by atoms with van der Waals surface area (Å²) in [5, 5.41) is -2.50. The maximum Gasteiger partial charge on any atom is 0.356 e. The number of hydrogen-bond donors (Lipinski definition) is 0. The van der Waals surface area contributed by atoms with E-state index in [0.29, 0.717) is 11.1 Å². The molecule has 1 aliphatic carbocycles. The van der Waals surface area contributed by atoms with Crippen LogP contribution in [-0.4, -0.2) is 51.3 Å². The summed E-state index contributed by atoms with van der Waals surface area (Å²) in [5.41, 5.74) is 0.679. The van der Waals surface area contributed by atoms with Gasteiger partial charge < -0.3 is 18.5 Å². The standard InChI is InChI=1S/C23H23O8P/c1-28-21(25)18-17(15-11-7-5-8-12-15)19(16-13-9-6-10-14-16)23(20(18)24,22(26)29-2)32(27,30-3)31-4/h5-14,19H,1-4H3/t19-,23+/m1/s1. The van der Waals surface area contributed by atoms with Gasteiger partial charge in [0.2, 0.25) is 10.9 Å². The van der Waals surface area contributed by atoms with Gasteiger partial charge in [0, 0.05) is 20.1 Å². The van der Waals surface area contributed by atoms with Gasteiger partial charge in [-0.2, -0.15) is 0 Å². The van der Waals surface area contributed by atoms with Gasteiger partial charge in [0.25, 0.3) is 0 Å². The number of rotatable bonds is 7. The summed E-state index contributed by atoms with van der Waals surface area (Å²) in [6.45, 7) is 0. The molecule has 0 N–H and O–H groups in total. The highest BCUT2D eigenvalue weighted by molar-refractivity contribution is 7.58. The Morgan fingerprint density at radius 3 is 1.84 bits per heavy atom. The van der Waals surface area contributed by atoms with Gasteiger partial charge >= 0.3 is 19.5 Å². The fraction of sp³-hybridized carbons (Fsp3) is 0.261. The van der Waals surface area contributed by atoms with Crippen molar-refractivity contribution in [1.82, 2.24) is 0 Å². The van der Waals surface area contributed by atoms with Crippen LogP contribution in [0.4, 0.5) is 0 Å². The Morgan fingerprint density at radius 1 is 0.844 bits per heavy atom. The molecule has 2 aromatic rings. The Hall–Kier alpha value is -3.06. The molecule has 0 heterocycles. The summed E-state index contributed by atoms with van der Waals surface area (Å²) in [7, 11) is -0.204. The fourth-order valence-electron chi connectivity index (χ4n) is 4.21. The van der Waals surface area contributed by atoms with E-state index in [0.717, 1.165) is 28.4 Å². The first-order chi connectivity index (χ1) is 15.3. The van der Waals surface area contributed by atoms with E-state index in [4.69, 9.17) is 18.5 Å². The first-order valence-electron chi connectivity index (χ1n) is 9.61. The van der Waals surface area contributed by atoms with Crippen molar-refractivity contribution in [2.45, 2.75) is 11.1 Å². The lowest BCUT2D eigenvalue weighted by atomic mass is 9.81. The minimum absolute atomic E-state index is 0.174. The van der Waals surface area contributed by atoms with Gasteiger partial charge in [-0.3, -0.25) is 14.2 Å². The molecule has 0 amide bonds.